The minimum atomic E-state index is -0.847. The van der Waals surface area contributed by atoms with Gasteiger partial charge in [0, 0.05) is 12.1 Å². The number of rotatable bonds is 6. The molecule has 2 N–H and O–H groups in total. The molecular formula is C26H22BrNO5. The van der Waals surface area contributed by atoms with Crippen LogP contribution in [0.1, 0.15) is 22.7 Å². The Hall–Kier alpha value is -3.58. The van der Waals surface area contributed by atoms with E-state index in [0.717, 1.165) is 5.56 Å². The molecule has 1 amide bonds. The molecule has 1 aliphatic rings. The molecule has 33 heavy (non-hydrogen) atoms. The first-order valence-electron chi connectivity index (χ1n) is 10.4. The molecule has 6 nitrogen and oxygen atoms in total. The summed E-state index contributed by atoms with van der Waals surface area (Å²) < 4.78 is 5.63. The van der Waals surface area contributed by atoms with Gasteiger partial charge in [-0.1, -0.05) is 60.7 Å². The highest BCUT2D eigenvalue weighted by Crippen LogP contribution is 2.44. The Kier molecular flexibility index (Phi) is 6.51. The molecule has 7 heteroatoms. The molecule has 0 aliphatic carbocycles. The normalized spacial score (nSPS) is 17.4. The molecule has 0 radical (unpaired) electrons. The minimum Gasteiger partial charge on any atom is -0.507 e. The molecule has 1 fully saturated rings. The number of halogens is 1. The lowest BCUT2D eigenvalue weighted by molar-refractivity contribution is -0.139. The number of carbonyl (C=O) groups is 2. The molecule has 0 aromatic heterocycles. The van der Waals surface area contributed by atoms with E-state index in [9.17, 15) is 19.8 Å². The van der Waals surface area contributed by atoms with Crippen LogP contribution in [0.4, 0.5) is 0 Å². The second-order valence-electron chi connectivity index (χ2n) is 7.65. The van der Waals surface area contributed by atoms with Crippen LogP contribution in [0.2, 0.25) is 0 Å². The predicted octanol–water partition coefficient (Wildman–Crippen LogP) is 4.83. The van der Waals surface area contributed by atoms with Crippen molar-refractivity contribution in [2.75, 3.05) is 13.7 Å². The molecule has 3 aromatic carbocycles. The van der Waals surface area contributed by atoms with Crippen LogP contribution in [0.15, 0.2) is 82.8 Å². The van der Waals surface area contributed by atoms with E-state index in [1.54, 1.807) is 42.5 Å². The van der Waals surface area contributed by atoms with Gasteiger partial charge in [0.05, 0.1) is 23.2 Å². The lowest BCUT2D eigenvalue weighted by Crippen LogP contribution is -2.31. The number of benzene rings is 3. The van der Waals surface area contributed by atoms with E-state index < -0.39 is 17.7 Å². The van der Waals surface area contributed by atoms with E-state index in [-0.39, 0.29) is 29.4 Å². The van der Waals surface area contributed by atoms with E-state index in [4.69, 9.17) is 4.74 Å². The summed E-state index contributed by atoms with van der Waals surface area (Å²) in [7, 11) is 1.42. The number of ketones is 1. The fraction of sp³-hybridized carbons (Fsp3) is 0.154. The average Bonchev–Trinajstić information content (AvgIpc) is 3.10. The summed E-state index contributed by atoms with van der Waals surface area (Å²) in [5, 5.41) is 21.3. The molecular weight excluding hydrogens is 486 g/mol. The lowest BCUT2D eigenvalue weighted by Gasteiger charge is -2.26. The van der Waals surface area contributed by atoms with Crippen LogP contribution in [0.5, 0.6) is 11.5 Å². The first kappa shape index (κ1) is 22.6. The highest BCUT2D eigenvalue weighted by atomic mass is 79.9. The van der Waals surface area contributed by atoms with E-state index >= 15 is 0 Å². The minimum absolute atomic E-state index is 0.00101. The number of carbonyl (C=O) groups excluding carboxylic acids is 2. The van der Waals surface area contributed by atoms with E-state index in [2.05, 4.69) is 15.9 Å². The lowest BCUT2D eigenvalue weighted by atomic mass is 9.95. The van der Waals surface area contributed by atoms with Gasteiger partial charge >= 0.3 is 0 Å². The third kappa shape index (κ3) is 4.36. The van der Waals surface area contributed by atoms with Crippen molar-refractivity contribution in [2.45, 2.75) is 12.5 Å². The number of aromatic hydroxyl groups is 1. The standard InChI is InChI=1S/C26H22BrNO5/c1-33-20-15-18(14-19(27)24(20)30)22-21(23(29)17-10-6-3-7-11-17)25(31)26(32)28(22)13-12-16-8-4-2-5-9-16/h2-11,14-15,22,29-30H,12-13H2,1H3/b23-21+. The Balaban J connectivity index is 1.85. The topological polar surface area (TPSA) is 87.1 Å². The van der Waals surface area contributed by atoms with Gasteiger partial charge in [-0.2, -0.15) is 0 Å². The van der Waals surface area contributed by atoms with Crippen LogP contribution < -0.4 is 4.74 Å². The van der Waals surface area contributed by atoms with Crippen LogP contribution in [0.3, 0.4) is 0 Å². The SMILES string of the molecule is COc1cc(C2/C(=C(\O)c3ccccc3)C(=O)C(=O)N2CCc2ccccc2)cc(Br)c1O. The molecule has 0 spiro atoms. The van der Waals surface area contributed by atoms with Crippen molar-refractivity contribution >= 4 is 33.4 Å². The smallest absolute Gasteiger partial charge is 0.295 e. The predicted molar refractivity (Wildman–Crippen MR) is 128 cm³/mol. The number of methoxy groups -OCH3 is 1. The molecule has 1 unspecified atom stereocenters. The molecule has 0 bridgehead atoms. The number of ether oxygens (including phenoxy) is 1. The van der Waals surface area contributed by atoms with Crippen molar-refractivity contribution in [3.05, 3.63) is 99.5 Å². The van der Waals surface area contributed by atoms with Gasteiger partial charge < -0.3 is 19.8 Å². The van der Waals surface area contributed by atoms with Crippen LogP contribution >= 0.6 is 15.9 Å². The van der Waals surface area contributed by atoms with Crippen molar-refractivity contribution in [3.63, 3.8) is 0 Å². The number of aliphatic hydroxyl groups is 1. The van der Waals surface area contributed by atoms with Crippen molar-refractivity contribution in [2.24, 2.45) is 0 Å². The van der Waals surface area contributed by atoms with E-state index in [0.29, 0.717) is 22.0 Å². The number of nitrogens with zero attached hydrogens (tertiary/aromatic N) is 1. The summed E-state index contributed by atoms with van der Waals surface area (Å²) in [4.78, 5) is 27.7. The van der Waals surface area contributed by atoms with Gasteiger partial charge in [0.15, 0.2) is 11.5 Å². The number of phenolic OH excluding ortho intramolecular Hbond substituents is 1. The van der Waals surface area contributed by atoms with Crippen molar-refractivity contribution in [1.29, 1.82) is 0 Å². The van der Waals surface area contributed by atoms with Crippen LogP contribution in [-0.4, -0.2) is 40.5 Å². The highest BCUT2D eigenvalue weighted by molar-refractivity contribution is 9.10. The summed E-state index contributed by atoms with van der Waals surface area (Å²) in [6.45, 7) is 0.269. The van der Waals surface area contributed by atoms with Crippen molar-refractivity contribution in [3.8, 4) is 11.5 Å². The fourth-order valence-corrected chi connectivity index (χ4v) is 4.47. The Bertz CT molecular complexity index is 1220. The zero-order valence-electron chi connectivity index (χ0n) is 17.9. The van der Waals surface area contributed by atoms with Crippen molar-refractivity contribution in [1.82, 2.24) is 4.90 Å². The fourth-order valence-electron chi connectivity index (χ4n) is 4.01. The highest BCUT2D eigenvalue weighted by Gasteiger charge is 2.46. The monoisotopic (exact) mass is 507 g/mol. The van der Waals surface area contributed by atoms with Crippen LogP contribution in [-0.2, 0) is 16.0 Å². The van der Waals surface area contributed by atoms with Gasteiger partial charge in [0.25, 0.3) is 11.7 Å². The zero-order chi connectivity index (χ0) is 23.5. The third-order valence-electron chi connectivity index (χ3n) is 5.66. The van der Waals surface area contributed by atoms with Crippen molar-refractivity contribution < 1.29 is 24.5 Å². The quantitative estimate of drug-likeness (QED) is 0.283. The summed E-state index contributed by atoms with van der Waals surface area (Å²) in [5.74, 6) is -1.59. The summed E-state index contributed by atoms with van der Waals surface area (Å²) in [6.07, 6.45) is 0.534. The number of hydrogen-bond donors (Lipinski definition) is 2. The maximum atomic E-state index is 13.1. The Labute approximate surface area is 199 Å². The molecule has 1 heterocycles. The second kappa shape index (κ2) is 9.50. The Morgan fingerprint density at radius 3 is 2.30 bits per heavy atom. The van der Waals surface area contributed by atoms with Gasteiger partial charge in [-0.15, -0.1) is 0 Å². The average molecular weight is 508 g/mol. The Morgan fingerprint density at radius 2 is 1.67 bits per heavy atom. The first-order chi connectivity index (χ1) is 15.9. The number of amides is 1. The maximum absolute atomic E-state index is 13.1. The molecule has 168 valence electrons. The van der Waals surface area contributed by atoms with Gasteiger partial charge in [-0.3, -0.25) is 9.59 Å². The molecule has 4 rings (SSSR count). The Morgan fingerprint density at radius 1 is 1.03 bits per heavy atom. The van der Waals surface area contributed by atoms with Gasteiger partial charge in [-0.25, -0.2) is 0 Å². The van der Waals surface area contributed by atoms with Gasteiger partial charge in [-0.05, 0) is 45.6 Å². The summed E-state index contributed by atoms with van der Waals surface area (Å²) >= 11 is 3.32. The molecule has 1 atom stereocenters. The number of likely N-dealkylation sites (tertiary alicyclic amines) is 1. The molecule has 1 aliphatic heterocycles. The number of hydrogen-bond acceptors (Lipinski definition) is 5. The summed E-state index contributed by atoms with van der Waals surface area (Å²) in [6, 6.07) is 20.7. The van der Waals surface area contributed by atoms with Gasteiger partial charge in [0.1, 0.15) is 5.76 Å². The third-order valence-corrected chi connectivity index (χ3v) is 6.26. The summed E-state index contributed by atoms with van der Waals surface area (Å²) in [5.41, 5.74) is 1.99. The number of Topliss-reactive ketones (excluding diaryl/α,β-unsaturated/α-hetero) is 1. The van der Waals surface area contributed by atoms with Crippen LogP contribution in [0, 0.1) is 0 Å². The van der Waals surface area contributed by atoms with E-state index in [1.807, 2.05) is 30.3 Å². The van der Waals surface area contributed by atoms with E-state index in [1.165, 1.54) is 12.0 Å². The largest absolute Gasteiger partial charge is 0.507 e. The first-order valence-corrected chi connectivity index (χ1v) is 11.2. The second-order valence-corrected chi connectivity index (χ2v) is 8.50. The molecule has 0 saturated carbocycles. The number of aliphatic hydroxyl groups excluding tert-OH is 1. The van der Waals surface area contributed by atoms with Crippen LogP contribution in [0.25, 0.3) is 5.76 Å². The molecule has 1 saturated heterocycles. The van der Waals surface area contributed by atoms with Gasteiger partial charge in [0.2, 0.25) is 0 Å². The number of phenols is 1. The zero-order valence-corrected chi connectivity index (χ0v) is 19.5. The molecule has 3 aromatic rings. The maximum Gasteiger partial charge on any atom is 0.295 e.